The van der Waals surface area contributed by atoms with E-state index < -0.39 is 17.8 Å². The quantitative estimate of drug-likeness (QED) is 0.637. The maximum Gasteiger partial charge on any atom is 0.251 e. The van der Waals surface area contributed by atoms with Crippen molar-refractivity contribution >= 4 is 39.1 Å². The minimum atomic E-state index is -0.716. The van der Waals surface area contributed by atoms with Crippen LogP contribution in [-0.4, -0.2) is 26.1 Å². The van der Waals surface area contributed by atoms with Gasteiger partial charge in [-0.05, 0) is 54.1 Å². The summed E-state index contributed by atoms with van der Waals surface area (Å²) in [4.78, 5) is 13.8. The number of hydrogen-bond donors (Lipinski definition) is 1. The minimum absolute atomic E-state index is 0.0923. The molecule has 134 valence electrons. The Hall–Kier alpha value is -2.32. The molecule has 9 heteroatoms. The minimum Gasteiger partial charge on any atom is -0.322 e. The Morgan fingerprint density at radius 3 is 2.69 bits per heavy atom. The lowest BCUT2D eigenvalue weighted by atomic mass is 10.2. The molecule has 1 heterocycles. The molecule has 3 aromatic rings. The van der Waals surface area contributed by atoms with Crippen LogP contribution in [0.15, 0.2) is 46.9 Å². The van der Waals surface area contributed by atoms with Gasteiger partial charge < -0.3 is 5.32 Å². The van der Waals surface area contributed by atoms with Gasteiger partial charge in [-0.25, -0.2) is 4.39 Å². The van der Waals surface area contributed by atoms with Crippen molar-refractivity contribution in [3.8, 4) is 11.4 Å². The molecule has 0 aliphatic rings. The highest BCUT2D eigenvalue weighted by Gasteiger charge is 2.23. The normalized spacial score (nSPS) is 12.0. The molecule has 26 heavy (non-hydrogen) atoms. The molecule has 0 spiro atoms. The van der Waals surface area contributed by atoms with E-state index in [1.807, 2.05) is 6.92 Å². The molecule has 0 saturated heterocycles. The standard InChI is InChI=1S/C17H14BrClFN5O/c1-2-15(17(26)21-14-8-5-11(18)9-13(14)20)25-23-16(22-24-25)10-3-6-12(19)7-4-10/h3-9,15H,2H2,1H3,(H,21,26). The topological polar surface area (TPSA) is 72.7 Å². The van der Waals surface area contributed by atoms with Crippen LogP contribution < -0.4 is 5.32 Å². The van der Waals surface area contributed by atoms with Crippen molar-refractivity contribution in [2.24, 2.45) is 0 Å². The molecule has 0 aliphatic heterocycles. The highest BCUT2D eigenvalue weighted by molar-refractivity contribution is 9.10. The summed E-state index contributed by atoms with van der Waals surface area (Å²) in [6, 6.07) is 10.7. The lowest BCUT2D eigenvalue weighted by molar-refractivity contribution is -0.120. The van der Waals surface area contributed by atoms with Crippen LogP contribution >= 0.6 is 27.5 Å². The number of anilines is 1. The molecule has 1 amide bonds. The van der Waals surface area contributed by atoms with Gasteiger partial charge in [-0.1, -0.05) is 34.5 Å². The number of nitrogens with one attached hydrogen (secondary N) is 1. The van der Waals surface area contributed by atoms with Gasteiger partial charge in [0.1, 0.15) is 5.82 Å². The summed E-state index contributed by atoms with van der Waals surface area (Å²) in [6.07, 6.45) is 0.417. The molecule has 1 N–H and O–H groups in total. The van der Waals surface area contributed by atoms with Crippen molar-refractivity contribution < 1.29 is 9.18 Å². The number of halogens is 3. The van der Waals surface area contributed by atoms with Gasteiger partial charge in [0.2, 0.25) is 5.82 Å². The fourth-order valence-electron chi connectivity index (χ4n) is 2.33. The molecule has 0 bridgehead atoms. The molecule has 0 fully saturated rings. The zero-order chi connectivity index (χ0) is 18.7. The number of benzene rings is 2. The Kier molecular flexibility index (Phi) is 5.63. The Bertz CT molecular complexity index is 931. The lowest BCUT2D eigenvalue weighted by Crippen LogP contribution is -2.27. The summed E-state index contributed by atoms with van der Waals surface area (Å²) in [5.41, 5.74) is 0.824. The molecule has 0 aliphatic carbocycles. The van der Waals surface area contributed by atoms with Crippen molar-refractivity contribution in [2.45, 2.75) is 19.4 Å². The number of nitrogens with zero attached hydrogens (tertiary/aromatic N) is 4. The highest BCUT2D eigenvalue weighted by atomic mass is 79.9. The fraction of sp³-hybridized carbons (Fsp3) is 0.176. The smallest absolute Gasteiger partial charge is 0.251 e. The van der Waals surface area contributed by atoms with Gasteiger partial charge >= 0.3 is 0 Å². The number of carbonyl (C=O) groups is 1. The third-order valence-electron chi connectivity index (χ3n) is 3.69. The maximum absolute atomic E-state index is 13.9. The van der Waals surface area contributed by atoms with Crippen molar-refractivity contribution in [3.63, 3.8) is 0 Å². The molecule has 2 aromatic carbocycles. The van der Waals surface area contributed by atoms with E-state index in [1.165, 1.54) is 16.9 Å². The lowest BCUT2D eigenvalue weighted by Gasteiger charge is -2.14. The van der Waals surface area contributed by atoms with Gasteiger partial charge in [-0.2, -0.15) is 4.80 Å². The molecular formula is C17H14BrClFN5O. The van der Waals surface area contributed by atoms with Crippen molar-refractivity contribution in [1.29, 1.82) is 0 Å². The van der Waals surface area contributed by atoms with Gasteiger partial charge in [-0.15, -0.1) is 10.2 Å². The monoisotopic (exact) mass is 437 g/mol. The summed E-state index contributed by atoms with van der Waals surface area (Å²) in [5, 5.41) is 15.4. The number of tetrazole rings is 1. The van der Waals surface area contributed by atoms with E-state index in [9.17, 15) is 9.18 Å². The average Bonchev–Trinajstić information content (AvgIpc) is 3.08. The van der Waals surface area contributed by atoms with E-state index in [2.05, 4.69) is 36.7 Å². The van der Waals surface area contributed by atoms with Gasteiger partial charge in [0.25, 0.3) is 5.91 Å². The van der Waals surface area contributed by atoms with Crippen LogP contribution in [0.5, 0.6) is 0 Å². The van der Waals surface area contributed by atoms with Gasteiger partial charge in [-0.3, -0.25) is 4.79 Å². The predicted molar refractivity (Wildman–Crippen MR) is 100 cm³/mol. The zero-order valence-corrected chi connectivity index (χ0v) is 16.0. The first-order chi connectivity index (χ1) is 12.5. The van der Waals surface area contributed by atoms with Crippen LogP contribution in [0.2, 0.25) is 5.02 Å². The summed E-state index contributed by atoms with van der Waals surface area (Å²) >= 11 is 9.05. The first-order valence-electron chi connectivity index (χ1n) is 7.79. The van der Waals surface area contributed by atoms with Crippen LogP contribution in [0, 0.1) is 5.82 Å². The Balaban J connectivity index is 1.80. The summed E-state index contributed by atoms with van der Waals surface area (Å²) in [7, 11) is 0. The van der Waals surface area contributed by atoms with Crippen LogP contribution in [0.3, 0.4) is 0 Å². The van der Waals surface area contributed by atoms with E-state index in [0.717, 1.165) is 5.56 Å². The Morgan fingerprint density at radius 2 is 2.04 bits per heavy atom. The third-order valence-corrected chi connectivity index (χ3v) is 4.43. The van der Waals surface area contributed by atoms with E-state index in [-0.39, 0.29) is 5.69 Å². The van der Waals surface area contributed by atoms with E-state index >= 15 is 0 Å². The largest absolute Gasteiger partial charge is 0.322 e. The average molecular weight is 439 g/mol. The molecule has 0 saturated carbocycles. The van der Waals surface area contributed by atoms with Crippen molar-refractivity contribution in [2.75, 3.05) is 5.32 Å². The van der Waals surface area contributed by atoms with E-state index in [1.54, 1.807) is 30.3 Å². The van der Waals surface area contributed by atoms with Crippen LogP contribution in [0.1, 0.15) is 19.4 Å². The maximum atomic E-state index is 13.9. The molecule has 3 rings (SSSR count). The number of aromatic nitrogens is 4. The van der Waals surface area contributed by atoms with Crippen LogP contribution in [0.25, 0.3) is 11.4 Å². The van der Waals surface area contributed by atoms with Gasteiger partial charge in [0.05, 0.1) is 5.69 Å². The summed E-state index contributed by atoms with van der Waals surface area (Å²) in [5.74, 6) is -0.576. The second-order valence-electron chi connectivity index (χ2n) is 5.48. The number of hydrogen-bond acceptors (Lipinski definition) is 4. The molecule has 1 aromatic heterocycles. The van der Waals surface area contributed by atoms with Crippen molar-refractivity contribution in [3.05, 3.63) is 57.8 Å². The second-order valence-corrected chi connectivity index (χ2v) is 6.83. The number of amides is 1. The Labute approximate surface area is 162 Å². The fourth-order valence-corrected chi connectivity index (χ4v) is 2.79. The van der Waals surface area contributed by atoms with Crippen molar-refractivity contribution in [1.82, 2.24) is 20.2 Å². The van der Waals surface area contributed by atoms with Crippen LogP contribution in [0.4, 0.5) is 10.1 Å². The first kappa shape index (κ1) is 18.5. The first-order valence-corrected chi connectivity index (χ1v) is 8.96. The number of rotatable bonds is 5. The Morgan fingerprint density at radius 1 is 1.31 bits per heavy atom. The molecule has 1 unspecified atom stereocenters. The van der Waals surface area contributed by atoms with Gasteiger partial charge in [0.15, 0.2) is 6.04 Å². The molecule has 0 radical (unpaired) electrons. The van der Waals surface area contributed by atoms with Gasteiger partial charge in [0, 0.05) is 15.1 Å². The zero-order valence-electron chi connectivity index (χ0n) is 13.7. The van der Waals surface area contributed by atoms with Crippen LogP contribution in [-0.2, 0) is 4.79 Å². The predicted octanol–water partition coefficient (Wildman–Crippen LogP) is 4.48. The van der Waals surface area contributed by atoms with E-state index in [0.29, 0.717) is 21.7 Å². The third kappa shape index (κ3) is 4.08. The summed E-state index contributed by atoms with van der Waals surface area (Å²) in [6.45, 7) is 1.81. The summed E-state index contributed by atoms with van der Waals surface area (Å²) < 4.78 is 14.5. The molecule has 1 atom stereocenters. The second kappa shape index (κ2) is 7.92. The SMILES string of the molecule is CCC(C(=O)Nc1ccc(Br)cc1F)n1nnc(-c2ccc(Cl)cc2)n1. The molecular weight excluding hydrogens is 425 g/mol. The van der Waals surface area contributed by atoms with E-state index in [4.69, 9.17) is 11.6 Å². The highest BCUT2D eigenvalue weighted by Crippen LogP contribution is 2.22. The molecule has 6 nitrogen and oxygen atoms in total. The number of carbonyl (C=O) groups excluding carboxylic acids is 1.